The smallest absolute Gasteiger partial charge is 0.236 e. The van der Waals surface area contributed by atoms with Crippen LogP contribution in [0.4, 0.5) is 13.2 Å². The lowest BCUT2D eigenvalue weighted by Crippen LogP contribution is -2.24. The first kappa shape index (κ1) is 15.7. The summed E-state index contributed by atoms with van der Waals surface area (Å²) in [6.07, 6.45) is -2.58. The molecule has 0 aliphatic rings. The predicted octanol–water partition coefficient (Wildman–Crippen LogP) is 5.49. The molecule has 0 spiro atoms. The van der Waals surface area contributed by atoms with Gasteiger partial charge < -0.3 is 0 Å². The molecule has 1 aromatic carbocycles. The molecular weight excluding hydrogens is 327 g/mol. The average Bonchev–Trinajstić information content (AvgIpc) is 2.77. The first-order valence-electron chi connectivity index (χ1n) is 5.67. The molecule has 1 nitrogen and oxygen atoms in total. The molecule has 0 amide bonds. The molecule has 1 atom stereocenters. The highest BCUT2D eigenvalue weighted by molar-refractivity contribution is 7.99. The normalized spacial score (nSPS) is 13.2. The molecule has 1 aromatic heterocycles. The van der Waals surface area contributed by atoms with Gasteiger partial charge >= 0.3 is 0 Å². The Kier molecular flexibility index (Phi) is 5.37. The molecule has 0 aliphatic carbocycles. The summed E-state index contributed by atoms with van der Waals surface area (Å²) in [6, 6.07) is 7.52. The third-order valence-corrected chi connectivity index (χ3v) is 4.95. The van der Waals surface area contributed by atoms with Crippen molar-refractivity contribution in [1.29, 1.82) is 0 Å². The molecule has 2 rings (SSSR count). The first-order valence-corrected chi connectivity index (χ1v) is 7.64. The largest absolute Gasteiger partial charge is 0.258 e. The molecule has 0 saturated heterocycles. The summed E-state index contributed by atoms with van der Waals surface area (Å²) in [6.45, 7) is 0. The van der Waals surface area contributed by atoms with Crippen LogP contribution in [0, 0.1) is 5.82 Å². The molecule has 1 unspecified atom stereocenters. The van der Waals surface area contributed by atoms with Crippen LogP contribution in [-0.2, 0) is 0 Å². The predicted molar refractivity (Wildman–Crippen MR) is 78.1 cm³/mol. The van der Waals surface area contributed by atoms with Crippen LogP contribution in [0.25, 0.3) is 0 Å². The van der Waals surface area contributed by atoms with Gasteiger partial charge in [-0.2, -0.15) is 0 Å². The average molecular weight is 338 g/mol. The first-order chi connectivity index (χ1) is 9.47. The molecule has 0 bridgehead atoms. The minimum atomic E-state index is -2.58. The lowest BCUT2D eigenvalue weighted by Gasteiger charge is -2.26. The summed E-state index contributed by atoms with van der Waals surface area (Å²) in [7, 11) is 1.58. The fourth-order valence-electron chi connectivity index (χ4n) is 1.72. The summed E-state index contributed by atoms with van der Waals surface area (Å²) in [5, 5.41) is 0. The van der Waals surface area contributed by atoms with Crippen molar-refractivity contribution in [3.8, 4) is 0 Å². The number of thiophene rings is 1. The van der Waals surface area contributed by atoms with Crippen molar-refractivity contribution in [3.05, 3.63) is 52.1 Å². The summed E-state index contributed by atoms with van der Waals surface area (Å²) in [5.41, 5.74) is 0.374. The van der Waals surface area contributed by atoms with E-state index < -0.39 is 18.3 Å². The van der Waals surface area contributed by atoms with Crippen LogP contribution >= 0.6 is 34.9 Å². The van der Waals surface area contributed by atoms with Crippen LogP contribution in [0.1, 0.15) is 11.6 Å². The second kappa shape index (κ2) is 6.85. The molecule has 7 heteroatoms. The molecule has 20 heavy (non-hydrogen) atoms. The monoisotopic (exact) mass is 337 g/mol. The maximum absolute atomic E-state index is 13.3. The van der Waals surface area contributed by atoms with Gasteiger partial charge in [0.15, 0.2) is 0 Å². The van der Waals surface area contributed by atoms with E-state index >= 15 is 0 Å². The molecular formula is C13H11ClF3NS2. The number of rotatable bonds is 5. The van der Waals surface area contributed by atoms with Crippen molar-refractivity contribution in [3.63, 3.8) is 0 Å². The van der Waals surface area contributed by atoms with Gasteiger partial charge in [-0.05, 0) is 48.8 Å². The van der Waals surface area contributed by atoms with E-state index in [0.717, 1.165) is 4.21 Å². The SMILES string of the molecule is CN(Sc1ccc(Cl)s1)C(c1ccc(F)cc1)C(F)F. The minimum Gasteiger partial charge on any atom is -0.236 e. The van der Waals surface area contributed by atoms with E-state index in [1.54, 1.807) is 19.2 Å². The highest BCUT2D eigenvalue weighted by Crippen LogP contribution is 2.38. The molecule has 0 aliphatic heterocycles. The van der Waals surface area contributed by atoms with Crippen LogP contribution in [0.2, 0.25) is 4.34 Å². The molecule has 0 saturated carbocycles. The number of alkyl halides is 2. The van der Waals surface area contributed by atoms with E-state index in [1.165, 1.54) is 51.9 Å². The maximum Gasteiger partial charge on any atom is 0.258 e. The van der Waals surface area contributed by atoms with Gasteiger partial charge in [-0.15, -0.1) is 11.3 Å². The minimum absolute atomic E-state index is 0.374. The van der Waals surface area contributed by atoms with Gasteiger partial charge in [0.05, 0.1) is 8.55 Å². The zero-order valence-electron chi connectivity index (χ0n) is 10.4. The van der Waals surface area contributed by atoms with E-state index in [1.807, 2.05) is 0 Å². The molecule has 2 aromatic rings. The number of hydrogen-bond donors (Lipinski definition) is 0. The Labute approximate surface area is 128 Å². The van der Waals surface area contributed by atoms with Crippen molar-refractivity contribution in [2.45, 2.75) is 16.7 Å². The van der Waals surface area contributed by atoms with Crippen LogP contribution in [0.5, 0.6) is 0 Å². The lowest BCUT2D eigenvalue weighted by atomic mass is 10.1. The summed E-state index contributed by atoms with van der Waals surface area (Å²) in [4.78, 5) is 0. The Morgan fingerprint density at radius 1 is 1.15 bits per heavy atom. The van der Waals surface area contributed by atoms with Crippen LogP contribution in [0.15, 0.2) is 40.6 Å². The zero-order valence-corrected chi connectivity index (χ0v) is 12.8. The Bertz CT molecular complexity index is 559. The Balaban J connectivity index is 2.17. The maximum atomic E-state index is 13.3. The summed E-state index contributed by atoms with van der Waals surface area (Å²) in [5.74, 6) is -0.442. The molecule has 0 N–H and O–H groups in total. The standard InChI is InChI=1S/C13H11ClF3NS2/c1-18(20-11-7-6-10(14)19-11)12(13(16)17)8-2-4-9(15)5-3-8/h2-7,12-13H,1H3. The highest BCUT2D eigenvalue weighted by Gasteiger charge is 2.28. The van der Waals surface area contributed by atoms with Crippen molar-refractivity contribution >= 4 is 34.9 Å². The van der Waals surface area contributed by atoms with E-state index in [4.69, 9.17) is 11.6 Å². The van der Waals surface area contributed by atoms with E-state index in [-0.39, 0.29) is 0 Å². The molecule has 108 valence electrons. The van der Waals surface area contributed by atoms with E-state index in [0.29, 0.717) is 9.90 Å². The third kappa shape index (κ3) is 3.91. The quantitative estimate of drug-likeness (QED) is 0.664. The summed E-state index contributed by atoms with van der Waals surface area (Å²) >= 11 is 8.34. The van der Waals surface area contributed by atoms with Crippen molar-refractivity contribution in [2.75, 3.05) is 7.05 Å². The Hall–Kier alpha value is -0.690. The fourth-order valence-corrected chi connectivity index (χ4v) is 4.14. The van der Waals surface area contributed by atoms with Crippen LogP contribution < -0.4 is 0 Å². The Morgan fingerprint density at radius 3 is 2.30 bits per heavy atom. The third-order valence-electron chi connectivity index (χ3n) is 2.62. The summed E-state index contributed by atoms with van der Waals surface area (Å²) < 4.78 is 42.3. The molecule has 0 fully saturated rings. The van der Waals surface area contributed by atoms with Crippen LogP contribution in [0.3, 0.4) is 0 Å². The second-order valence-corrected chi connectivity index (χ2v) is 7.20. The zero-order chi connectivity index (χ0) is 14.7. The number of hydrogen-bond acceptors (Lipinski definition) is 3. The van der Waals surface area contributed by atoms with Gasteiger partial charge in [0.2, 0.25) is 0 Å². The number of halogens is 4. The van der Waals surface area contributed by atoms with Gasteiger partial charge in [0, 0.05) is 0 Å². The van der Waals surface area contributed by atoms with Gasteiger partial charge in [-0.1, -0.05) is 23.7 Å². The number of benzene rings is 1. The topological polar surface area (TPSA) is 3.24 Å². The van der Waals surface area contributed by atoms with Gasteiger partial charge in [-0.25, -0.2) is 17.5 Å². The van der Waals surface area contributed by atoms with Gasteiger partial charge in [0.1, 0.15) is 11.9 Å². The highest BCUT2D eigenvalue weighted by atomic mass is 35.5. The van der Waals surface area contributed by atoms with Gasteiger partial charge in [0.25, 0.3) is 6.43 Å². The second-order valence-electron chi connectivity index (χ2n) is 4.03. The number of nitrogens with zero attached hydrogens (tertiary/aromatic N) is 1. The molecule has 1 heterocycles. The van der Waals surface area contributed by atoms with E-state index in [9.17, 15) is 13.2 Å². The fraction of sp³-hybridized carbons (Fsp3) is 0.231. The van der Waals surface area contributed by atoms with Gasteiger partial charge in [-0.3, -0.25) is 0 Å². The van der Waals surface area contributed by atoms with Crippen molar-refractivity contribution in [2.24, 2.45) is 0 Å². The molecule has 0 radical (unpaired) electrons. The van der Waals surface area contributed by atoms with E-state index in [2.05, 4.69) is 0 Å². The van der Waals surface area contributed by atoms with Crippen molar-refractivity contribution < 1.29 is 13.2 Å². The van der Waals surface area contributed by atoms with Crippen molar-refractivity contribution in [1.82, 2.24) is 4.31 Å². The van der Waals surface area contributed by atoms with Crippen LogP contribution in [-0.4, -0.2) is 17.8 Å². The lowest BCUT2D eigenvalue weighted by molar-refractivity contribution is 0.0739. The Morgan fingerprint density at radius 2 is 1.80 bits per heavy atom.